The predicted molar refractivity (Wildman–Crippen MR) is 85.4 cm³/mol. The summed E-state index contributed by atoms with van der Waals surface area (Å²) in [6.45, 7) is 3.97. The first-order valence-electron chi connectivity index (χ1n) is 7.98. The smallest absolute Gasteiger partial charge is 0.228 e. The molecule has 1 saturated heterocycles. The van der Waals surface area contributed by atoms with E-state index in [-0.39, 0.29) is 17.9 Å². The van der Waals surface area contributed by atoms with Gasteiger partial charge in [0.05, 0.1) is 30.5 Å². The lowest BCUT2D eigenvalue weighted by molar-refractivity contribution is -0.136. The van der Waals surface area contributed by atoms with E-state index in [0.717, 1.165) is 24.2 Å². The maximum absolute atomic E-state index is 12.8. The van der Waals surface area contributed by atoms with Gasteiger partial charge in [-0.1, -0.05) is 6.07 Å². The molecular weight excluding hydrogens is 292 g/mol. The van der Waals surface area contributed by atoms with Crippen molar-refractivity contribution < 1.29 is 9.53 Å². The highest BCUT2D eigenvalue weighted by atomic mass is 16.5. The Labute approximate surface area is 136 Å². The Hall–Kier alpha value is -2.21. The maximum Gasteiger partial charge on any atom is 0.228 e. The second kappa shape index (κ2) is 6.91. The largest absolute Gasteiger partial charge is 0.373 e. The first-order valence-corrected chi connectivity index (χ1v) is 7.98. The number of carbonyl (C=O) groups is 1. The molecule has 2 atom stereocenters. The zero-order chi connectivity index (χ0) is 16.2. The van der Waals surface area contributed by atoms with Crippen LogP contribution in [-0.4, -0.2) is 39.2 Å². The Balaban J connectivity index is 1.70. The monoisotopic (exact) mass is 314 g/mol. The number of amides is 1. The number of aryl methyl sites for hydroxylation is 1. The van der Waals surface area contributed by atoms with Crippen molar-refractivity contribution in [3.8, 4) is 0 Å². The number of ether oxygens (including phenoxy) is 1. The summed E-state index contributed by atoms with van der Waals surface area (Å²) in [5, 5.41) is 4.29. The van der Waals surface area contributed by atoms with Gasteiger partial charge >= 0.3 is 0 Å². The predicted octanol–water partition coefficient (Wildman–Crippen LogP) is 2.03. The molecule has 122 valence electrons. The highest BCUT2D eigenvalue weighted by molar-refractivity contribution is 5.79. The van der Waals surface area contributed by atoms with Crippen LogP contribution in [0.5, 0.6) is 0 Å². The van der Waals surface area contributed by atoms with E-state index < -0.39 is 0 Å². The molecule has 23 heavy (non-hydrogen) atoms. The second-order valence-corrected chi connectivity index (χ2v) is 5.83. The zero-order valence-electron chi connectivity index (χ0n) is 13.6. The van der Waals surface area contributed by atoms with Crippen LogP contribution in [0, 0.1) is 5.92 Å². The van der Waals surface area contributed by atoms with Gasteiger partial charge in [-0.25, -0.2) is 0 Å². The van der Waals surface area contributed by atoms with Crippen molar-refractivity contribution in [2.45, 2.75) is 32.5 Å². The summed E-state index contributed by atoms with van der Waals surface area (Å²) < 4.78 is 7.67. The number of pyridine rings is 1. The van der Waals surface area contributed by atoms with Crippen LogP contribution >= 0.6 is 0 Å². The number of rotatable bonds is 5. The molecule has 6 nitrogen and oxygen atoms in total. The lowest BCUT2D eigenvalue weighted by Crippen LogP contribution is -2.34. The fourth-order valence-electron chi connectivity index (χ4n) is 2.97. The van der Waals surface area contributed by atoms with Crippen molar-refractivity contribution in [3.63, 3.8) is 0 Å². The molecule has 0 radical (unpaired) electrons. The van der Waals surface area contributed by atoms with Crippen LogP contribution in [0.15, 0.2) is 36.8 Å². The number of hydrogen-bond donors (Lipinski definition) is 0. The molecule has 0 bridgehead atoms. The van der Waals surface area contributed by atoms with Gasteiger partial charge in [0.25, 0.3) is 0 Å². The second-order valence-electron chi connectivity index (χ2n) is 5.83. The minimum Gasteiger partial charge on any atom is -0.373 e. The van der Waals surface area contributed by atoms with Crippen LogP contribution in [0.2, 0.25) is 0 Å². The number of nitrogens with zero attached hydrogens (tertiary/aromatic N) is 4. The van der Waals surface area contributed by atoms with Gasteiger partial charge in [0, 0.05) is 38.2 Å². The molecule has 2 aromatic heterocycles. The fraction of sp³-hybridized carbons (Fsp3) is 0.471. The normalized spacial score (nSPS) is 20.6. The number of hydrogen-bond acceptors (Lipinski definition) is 4. The van der Waals surface area contributed by atoms with Gasteiger partial charge in [-0.2, -0.15) is 5.10 Å². The lowest BCUT2D eigenvalue weighted by atomic mass is 9.96. The Morgan fingerprint density at radius 1 is 1.48 bits per heavy atom. The lowest BCUT2D eigenvalue weighted by Gasteiger charge is -2.23. The first-order chi connectivity index (χ1) is 11.2. The van der Waals surface area contributed by atoms with Crippen LogP contribution < -0.4 is 0 Å². The quantitative estimate of drug-likeness (QED) is 0.847. The third kappa shape index (κ3) is 3.42. The Kier molecular flexibility index (Phi) is 4.71. The van der Waals surface area contributed by atoms with E-state index in [1.54, 1.807) is 17.3 Å². The highest BCUT2D eigenvalue weighted by Gasteiger charge is 2.37. The molecule has 3 heterocycles. The Morgan fingerprint density at radius 3 is 3.04 bits per heavy atom. The standard InChI is InChI=1S/C17H22N4O2/c1-3-21-11-13(10-19-21)16-15(7-9-23-16)17(22)20(2)12-14-6-4-5-8-18-14/h4-6,8,10-11,15-16H,3,7,9,12H2,1-2H3/t15-,16+/m0/s1. The molecule has 6 heteroatoms. The summed E-state index contributed by atoms with van der Waals surface area (Å²) >= 11 is 0. The molecule has 0 N–H and O–H groups in total. The minimum absolute atomic E-state index is 0.0994. The summed E-state index contributed by atoms with van der Waals surface area (Å²) in [6.07, 6.45) is 6.06. The van der Waals surface area contributed by atoms with E-state index in [4.69, 9.17) is 4.74 Å². The van der Waals surface area contributed by atoms with Gasteiger partial charge in [0.15, 0.2) is 0 Å². The topological polar surface area (TPSA) is 60.2 Å². The number of aromatic nitrogens is 3. The van der Waals surface area contributed by atoms with Crippen LogP contribution in [0.3, 0.4) is 0 Å². The van der Waals surface area contributed by atoms with Crippen LogP contribution in [0.4, 0.5) is 0 Å². The summed E-state index contributed by atoms with van der Waals surface area (Å²) in [4.78, 5) is 18.8. The molecule has 1 aliphatic rings. The van der Waals surface area contributed by atoms with Crippen molar-refractivity contribution in [3.05, 3.63) is 48.0 Å². The minimum atomic E-state index is -0.200. The molecule has 1 amide bonds. The third-order valence-electron chi connectivity index (χ3n) is 4.22. The van der Waals surface area contributed by atoms with Gasteiger partial charge in [-0.3, -0.25) is 14.5 Å². The van der Waals surface area contributed by atoms with Crippen molar-refractivity contribution in [2.24, 2.45) is 5.92 Å². The SMILES string of the molecule is CCn1cc([C@H]2OCC[C@@H]2C(=O)N(C)Cc2ccccn2)cn1. The average molecular weight is 314 g/mol. The molecule has 0 aliphatic carbocycles. The van der Waals surface area contributed by atoms with E-state index in [1.165, 1.54) is 0 Å². The molecular formula is C17H22N4O2. The molecule has 1 fully saturated rings. The molecule has 3 rings (SSSR count). The van der Waals surface area contributed by atoms with E-state index in [0.29, 0.717) is 13.2 Å². The van der Waals surface area contributed by atoms with E-state index >= 15 is 0 Å². The summed E-state index contributed by atoms with van der Waals surface area (Å²) in [7, 11) is 1.82. The number of carbonyl (C=O) groups excluding carboxylic acids is 1. The van der Waals surface area contributed by atoms with Crippen molar-refractivity contribution in [2.75, 3.05) is 13.7 Å². The van der Waals surface area contributed by atoms with Crippen molar-refractivity contribution in [1.29, 1.82) is 0 Å². The van der Waals surface area contributed by atoms with E-state index in [9.17, 15) is 4.79 Å². The molecule has 0 saturated carbocycles. The van der Waals surface area contributed by atoms with E-state index in [1.807, 2.05) is 43.0 Å². The van der Waals surface area contributed by atoms with Gasteiger partial charge in [-0.05, 0) is 25.5 Å². The first kappa shape index (κ1) is 15.7. The van der Waals surface area contributed by atoms with Crippen molar-refractivity contribution >= 4 is 5.91 Å². The van der Waals surface area contributed by atoms with E-state index in [2.05, 4.69) is 10.1 Å². The van der Waals surface area contributed by atoms with Crippen LogP contribution in [-0.2, 0) is 22.6 Å². The van der Waals surface area contributed by atoms with Crippen LogP contribution in [0.1, 0.15) is 30.7 Å². The van der Waals surface area contributed by atoms with Gasteiger partial charge in [-0.15, -0.1) is 0 Å². The zero-order valence-corrected chi connectivity index (χ0v) is 13.6. The van der Waals surface area contributed by atoms with Gasteiger partial charge in [0.2, 0.25) is 5.91 Å². The maximum atomic E-state index is 12.8. The van der Waals surface area contributed by atoms with Crippen molar-refractivity contribution in [1.82, 2.24) is 19.7 Å². The molecule has 0 aromatic carbocycles. The molecule has 0 unspecified atom stereocenters. The summed E-state index contributed by atoms with van der Waals surface area (Å²) in [5.74, 6) is -0.0550. The fourth-order valence-corrected chi connectivity index (χ4v) is 2.97. The Bertz CT molecular complexity index is 656. The molecule has 1 aliphatic heterocycles. The average Bonchev–Trinajstić information content (AvgIpc) is 3.23. The van der Waals surface area contributed by atoms with Crippen LogP contribution in [0.25, 0.3) is 0 Å². The summed E-state index contributed by atoms with van der Waals surface area (Å²) in [5.41, 5.74) is 1.87. The third-order valence-corrected chi connectivity index (χ3v) is 4.22. The van der Waals surface area contributed by atoms with Gasteiger partial charge in [0.1, 0.15) is 0 Å². The molecule has 0 spiro atoms. The summed E-state index contributed by atoms with van der Waals surface area (Å²) in [6, 6.07) is 5.73. The Morgan fingerprint density at radius 2 is 2.35 bits per heavy atom. The highest BCUT2D eigenvalue weighted by Crippen LogP contribution is 2.35. The molecule has 2 aromatic rings. The van der Waals surface area contributed by atoms with Gasteiger partial charge < -0.3 is 9.64 Å².